The molecule has 1 amide bonds. The standard InChI is InChI=1S/C21H21FN2O3/c1-26-15-7-13(8-16(10-15)27-2)20(25)24-12-21(5-6-21)18-11-23-19-4-3-14(22)9-17(18)19/h3-4,7-11,23H,5-6,12H2,1-2H3,(H,24,25). The summed E-state index contributed by atoms with van der Waals surface area (Å²) in [5.74, 6) is 0.677. The minimum atomic E-state index is -0.258. The van der Waals surface area contributed by atoms with E-state index in [2.05, 4.69) is 10.3 Å². The lowest BCUT2D eigenvalue weighted by molar-refractivity contribution is 0.0949. The summed E-state index contributed by atoms with van der Waals surface area (Å²) in [6.07, 6.45) is 3.84. The Morgan fingerprint density at radius 1 is 1.15 bits per heavy atom. The van der Waals surface area contributed by atoms with Crippen LogP contribution in [0.3, 0.4) is 0 Å². The molecule has 0 spiro atoms. The summed E-state index contributed by atoms with van der Waals surface area (Å²) in [4.78, 5) is 15.9. The van der Waals surface area contributed by atoms with Crippen LogP contribution in [-0.2, 0) is 5.41 Å². The molecule has 0 unspecified atom stereocenters. The first kappa shape index (κ1) is 17.4. The van der Waals surface area contributed by atoms with Crippen LogP contribution in [0.1, 0.15) is 28.8 Å². The number of aromatic amines is 1. The van der Waals surface area contributed by atoms with Gasteiger partial charge < -0.3 is 19.8 Å². The summed E-state index contributed by atoms with van der Waals surface area (Å²) in [6, 6.07) is 9.82. The van der Waals surface area contributed by atoms with Crippen molar-refractivity contribution < 1.29 is 18.7 Å². The van der Waals surface area contributed by atoms with Crippen LogP contribution in [0, 0.1) is 5.82 Å². The number of amides is 1. The summed E-state index contributed by atoms with van der Waals surface area (Å²) in [5.41, 5.74) is 2.29. The van der Waals surface area contributed by atoms with Crippen LogP contribution in [0.5, 0.6) is 11.5 Å². The first-order valence-corrected chi connectivity index (χ1v) is 8.83. The Hall–Kier alpha value is -3.02. The van der Waals surface area contributed by atoms with Gasteiger partial charge in [0.15, 0.2) is 0 Å². The zero-order chi connectivity index (χ0) is 19.0. The molecule has 1 fully saturated rings. The Balaban J connectivity index is 1.54. The van der Waals surface area contributed by atoms with Gasteiger partial charge in [0, 0.05) is 40.7 Å². The largest absolute Gasteiger partial charge is 0.497 e. The lowest BCUT2D eigenvalue weighted by Crippen LogP contribution is -2.32. The van der Waals surface area contributed by atoms with Crippen molar-refractivity contribution in [2.24, 2.45) is 0 Å². The van der Waals surface area contributed by atoms with Gasteiger partial charge in [-0.3, -0.25) is 4.79 Å². The molecular formula is C21H21FN2O3. The van der Waals surface area contributed by atoms with Crippen molar-refractivity contribution in [1.82, 2.24) is 10.3 Å². The number of methoxy groups -OCH3 is 2. The lowest BCUT2D eigenvalue weighted by Gasteiger charge is -2.16. The summed E-state index contributed by atoms with van der Waals surface area (Å²) in [6.45, 7) is 0.495. The molecule has 1 saturated carbocycles. The highest BCUT2D eigenvalue weighted by atomic mass is 19.1. The SMILES string of the molecule is COc1cc(OC)cc(C(=O)NCC2(c3c[nH]c4ccc(F)cc34)CC2)c1. The van der Waals surface area contributed by atoms with Gasteiger partial charge >= 0.3 is 0 Å². The average Bonchev–Trinajstić information content (AvgIpc) is 3.36. The molecule has 140 valence electrons. The van der Waals surface area contributed by atoms with E-state index < -0.39 is 0 Å². The zero-order valence-corrected chi connectivity index (χ0v) is 15.3. The van der Waals surface area contributed by atoms with Crippen LogP contribution in [0.15, 0.2) is 42.6 Å². The minimum absolute atomic E-state index is 0.148. The number of benzene rings is 2. The normalized spacial score (nSPS) is 14.8. The number of nitrogens with one attached hydrogen (secondary N) is 2. The van der Waals surface area contributed by atoms with Crippen LogP contribution in [-0.4, -0.2) is 31.7 Å². The number of carbonyl (C=O) groups excluding carboxylic acids is 1. The molecule has 1 aliphatic rings. The maximum Gasteiger partial charge on any atom is 0.251 e. The van der Waals surface area contributed by atoms with E-state index in [0.29, 0.717) is 23.6 Å². The number of ether oxygens (including phenoxy) is 2. The Kier molecular flexibility index (Phi) is 4.26. The fourth-order valence-corrected chi connectivity index (χ4v) is 3.51. The van der Waals surface area contributed by atoms with Crippen molar-refractivity contribution in [2.45, 2.75) is 18.3 Å². The third kappa shape index (κ3) is 3.23. The van der Waals surface area contributed by atoms with Crippen molar-refractivity contribution in [3.63, 3.8) is 0 Å². The average molecular weight is 368 g/mol. The van der Waals surface area contributed by atoms with Crippen LogP contribution >= 0.6 is 0 Å². The van der Waals surface area contributed by atoms with E-state index in [0.717, 1.165) is 29.3 Å². The molecule has 1 heterocycles. The Bertz CT molecular complexity index is 986. The monoisotopic (exact) mass is 368 g/mol. The summed E-state index contributed by atoms with van der Waals surface area (Å²) >= 11 is 0. The maximum atomic E-state index is 13.7. The third-order valence-electron chi connectivity index (χ3n) is 5.27. The second kappa shape index (κ2) is 6.61. The first-order chi connectivity index (χ1) is 13.0. The van der Waals surface area contributed by atoms with Crippen LogP contribution < -0.4 is 14.8 Å². The zero-order valence-electron chi connectivity index (χ0n) is 15.3. The highest BCUT2D eigenvalue weighted by Crippen LogP contribution is 2.50. The number of hydrogen-bond acceptors (Lipinski definition) is 3. The molecule has 3 aromatic rings. The van der Waals surface area contributed by atoms with Gasteiger partial charge in [0.1, 0.15) is 17.3 Å². The van der Waals surface area contributed by atoms with Crippen LogP contribution in [0.4, 0.5) is 4.39 Å². The second-order valence-corrected chi connectivity index (χ2v) is 6.96. The van der Waals surface area contributed by atoms with E-state index in [4.69, 9.17) is 9.47 Å². The summed E-state index contributed by atoms with van der Waals surface area (Å²) in [5, 5.41) is 3.89. The molecular weight excluding hydrogens is 347 g/mol. The molecule has 5 nitrogen and oxygen atoms in total. The Labute approximate surface area is 156 Å². The van der Waals surface area contributed by atoms with Crippen molar-refractivity contribution in [1.29, 1.82) is 0 Å². The number of halogens is 1. The highest BCUT2D eigenvalue weighted by Gasteiger charge is 2.46. The van der Waals surface area contributed by atoms with Gasteiger partial charge in [-0.15, -0.1) is 0 Å². The van der Waals surface area contributed by atoms with Gasteiger partial charge in [-0.1, -0.05) is 0 Å². The fourth-order valence-electron chi connectivity index (χ4n) is 3.51. The van der Waals surface area contributed by atoms with Gasteiger partial charge in [0.05, 0.1) is 14.2 Å². The smallest absolute Gasteiger partial charge is 0.251 e. The van der Waals surface area contributed by atoms with Gasteiger partial charge in [-0.25, -0.2) is 4.39 Å². The molecule has 6 heteroatoms. The van der Waals surface area contributed by atoms with Gasteiger partial charge in [-0.2, -0.15) is 0 Å². The van der Waals surface area contributed by atoms with Crippen molar-refractivity contribution in [3.05, 3.63) is 59.5 Å². The minimum Gasteiger partial charge on any atom is -0.497 e. The number of rotatable bonds is 6. The predicted octanol–water partition coefficient (Wildman–Crippen LogP) is 3.79. The molecule has 0 atom stereocenters. The quantitative estimate of drug-likeness (QED) is 0.696. The van der Waals surface area contributed by atoms with Crippen LogP contribution in [0.25, 0.3) is 10.9 Å². The maximum absolute atomic E-state index is 13.7. The molecule has 0 bridgehead atoms. The Morgan fingerprint density at radius 2 is 1.85 bits per heavy atom. The number of H-pyrrole nitrogens is 1. The van der Waals surface area contributed by atoms with E-state index in [1.54, 1.807) is 44.6 Å². The van der Waals surface area contributed by atoms with Gasteiger partial charge in [0.25, 0.3) is 5.91 Å². The molecule has 4 rings (SSSR count). The van der Waals surface area contributed by atoms with Gasteiger partial charge in [-0.05, 0) is 48.7 Å². The fraction of sp³-hybridized carbons (Fsp3) is 0.286. The Morgan fingerprint density at radius 3 is 2.48 bits per heavy atom. The van der Waals surface area contributed by atoms with Gasteiger partial charge in [0.2, 0.25) is 0 Å². The second-order valence-electron chi connectivity index (χ2n) is 6.96. The molecule has 1 aliphatic carbocycles. The third-order valence-corrected chi connectivity index (χ3v) is 5.27. The summed E-state index contributed by atoms with van der Waals surface area (Å²) < 4.78 is 24.1. The van der Waals surface area contributed by atoms with Crippen molar-refractivity contribution in [3.8, 4) is 11.5 Å². The van der Waals surface area contributed by atoms with E-state index >= 15 is 0 Å². The number of aromatic nitrogens is 1. The van der Waals surface area contributed by atoms with Crippen LogP contribution in [0.2, 0.25) is 0 Å². The van der Waals surface area contributed by atoms with E-state index in [1.807, 2.05) is 6.20 Å². The van der Waals surface area contributed by atoms with E-state index in [9.17, 15) is 9.18 Å². The number of hydrogen-bond donors (Lipinski definition) is 2. The number of carbonyl (C=O) groups is 1. The summed E-state index contributed by atoms with van der Waals surface area (Å²) in [7, 11) is 3.09. The number of fused-ring (bicyclic) bond motifs is 1. The van der Waals surface area contributed by atoms with Crippen molar-refractivity contribution in [2.75, 3.05) is 20.8 Å². The molecule has 1 aromatic heterocycles. The lowest BCUT2D eigenvalue weighted by atomic mass is 9.95. The van der Waals surface area contributed by atoms with Crippen molar-refractivity contribution >= 4 is 16.8 Å². The first-order valence-electron chi connectivity index (χ1n) is 8.83. The van der Waals surface area contributed by atoms with E-state index in [1.165, 1.54) is 6.07 Å². The molecule has 2 N–H and O–H groups in total. The molecule has 0 radical (unpaired) electrons. The molecule has 27 heavy (non-hydrogen) atoms. The van der Waals surface area contributed by atoms with E-state index in [-0.39, 0.29) is 17.1 Å². The molecule has 2 aromatic carbocycles. The topological polar surface area (TPSA) is 63.4 Å². The molecule has 0 aliphatic heterocycles. The molecule has 0 saturated heterocycles. The predicted molar refractivity (Wildman–Crippen MR) is 101 cm³/mol. The highest BCUT2D eigenvalue weighted by molar-refractivity contribution is 5.95.